The molecule has 4 aliphatic rings. The first kappa shape index (κ1) is 14.5. The van der Waals surface area contributed by atoms with Gasteiger partial charge in [-0.3, -0.25) is 4.79 Å². The van der Waals surface area contributed by atoms with Gasteiger partial charge in [0.05, 0.1) is 0 Å². The topological polar surface area (TPSA) is 55.1 Å². The number of amides is 1. The first-order valence-electron chi connectivity index (χ1n) is 9.31. The minimum Gasteiger partial charge on any atom is -0.443 e. The number of carbonyl (C=O) groups is 1. The van der Waals surface area contributed by atoms with Gasteiger partial charge in [-0.15, -0.1) is 0 Å². The summed E-state index contributed by atoms with van der Waals surface area (Å²) in [5, 5.41) is 3.24. The number of hydrogen-bond acceptors (Lipinski definition) is 3. The number of rotatable bonds is 4. The van der Waals surface area contributed by atoms with E-state index < -0.39 is 0 Å². The van der Waals surface area contributed by atoms with Gasteiger partial charge >= 0.3 is 0 Å². The van der Waals surface area contributed by atoms with Gasteiger partial charge in [0.2, 0.25) is 5.91 Å². The third-order valence-corrected chi connectivity index (χ3v) is 6.61. The lowest BCUT2D eigenvalue weighted by atomic mass is 9.49. The summed E-state index contributed by atoms with van der Waals surface area (Å²) in [6.45, 7) is 0.709. The van der Waals surface area contributed by atoms with Crippen LogP contribution in [0.3, 0.4) is 0 Å². The molecule has 0 spiro atoms. The number of nitrogens with one attached hydrogen (secondary N) is 1. The van der Waals surface area contributed by atoms with Gasteiger partial charge in [-0.2, -0.15) is 0 Å². The molecule has 0 saturated heterocycles. The fourth-order valence-corrected chi connectivity index (χ4v) is 5.95. The molecule has 0 unspecified atom stereocenters. The number of fused-ring (bicyclic) bond motifs is 1. The van der Waals surface area contributed by atoms with Crippen LogP contribution >= 0.6 is 0 Å². The van der Waals surface area contributed by atoms with Crippen LogP contribution in [-0.4, -0.2) is 17.4 Å². The molecule has 4 heteroatoms. The number of carbonyl (C=O) groups excluding carboxylic acids is 1. The molecule has 0 radical (unpaired) electrons. The van der Waals surface area contributed by atoms with Crippen LogP contribution in [0.5, 0.6) is 0 Å². The van der Waals surface area contributed by atoms with Crippen molar-refractivity contribution in [1.29, 1.82) is 0 Å². The van der Waals surface area contributed by atoms with Crippen LogP contribution in [0, 0.1) is 23.2 Å². The van der Waals surface area contributed by atoms with E-state index in [-0.39, 0.29) is 5.41 Å². The second-order valence-corrected chi connectivity index (χ2v) is 8.36. The second-order valence-electron chi connectivity index (χ2n) is 8.36. The third-order valence-electron chi connectivity index (χ3n) is 6.61. The molecule has 0 aliphatic heterocycles. The zero-order chi connectivity index (χ0) is 16.1. The molecule has 4 bridgehead atoms. The zero-order valence-electron chi connectivity index (χ0n) is 14.0. The molecular formula is C20H24N2O2. The SMILES string of the molecule is O=C(NCCc1ccc2ncoc2c1)C12CC3CC(CC(C3)C1)C2. The lowest BCUT2D eigenvalue weighted by Gasteiger charge is -2.55. The van der Waals surface area contributed by atoms with Crippen molar-refractivity contribution in [2.75, 3.05) is 6.54 Å². The molecule has 4 aliphatic carbocycles. The summed E-state index contributed by atoms with van der Waals surface area (Å²) in [4.78, 5) is 17.1. The Morgan fingerprint density at radius 1 is 1.17 bits per heavy atom. The van der Waals surface area contributed by atoms with E-state index in [4.69, 9.17) is 4.42 Å². The van der Waals surface area contributed by atoms with Crippen LogP contribution in [-0.2, 0) is 11.2 Å². The van der Waals surface area contributed by atoms with E-state index in [0.29, 0.717) is 12.5 Å². The monoisotopic (exact) mass is 324 g/mol. The molecule has 126 valence electrons. The van der Waals surface area contributed by atoms with Gasteiger partial charge in [0.1, 0.15) is 5.52 Å². The van der Waals surface area contributed by atoms with Crippen LogP contribution in [0.25, 0.3) is 11.1 Å². The molecule has 24 heavy (non-hydrogen) atoms. The maximum Gasteiger partial charge on any atom is 0.226 e. The molecular weight excluding hydrogens is 300 g/mol. The molecule has 1 aromatic carbocycles. The Bertz CT molecular complexity index is 744. The Balaban J connectivity index is 1.23. The molecule has 4 nitrogen and oxygen atoms in total. The summed E-state index contributed by atoms with van der Waals surface area (Å²) < 4.78 is 5.35. The van der Waals surface area contributed by atoms with Gasteiger partial charge < -0.3 is 9.73 Å². The summed E-state index contributed by atoms with van der Waals surface area (Å²) in [6.07, 6.45) is 9.85. The van der Waals surface area contributed by atoms with Crippen LogP contribution < -0.4 is 5.32 Å². The molecule has 1 heterocycles. The molecule has 6 rings (SSSR count). The summed E-state index contributed by atoms with van der Waals surface area (Å²) in [5.41, 5.74) is 2.85. The summed E-state index contributed by atoms with van der Waals surface area (Å²) in [7, 11) is 0. The Morgan fingerprint density at radius 2 is 1.88 bits per heavy atom. The molecule has 4 saturated carbocycles. The van der Waals surface area contributed by atoms with E-state index in [1.165, 1.54) is 31.2 Å². The second kappa shape index (κ2) is 5.33. The maximum atomic E-state index is 12.9. The van der Waals surface area contributed by atoms with Gasteiger partial charge in [0.15, 0.2) is 12.0 Å². The highest BCUT2D eigenvalue weighted by molar-refractivity contribution is 5.83. The Hall–Kier alpha value is -1.84. The van der Waals surface area contributed by atoms with Crippen molar-refractivity contribution < 1.29 is 9.21 Å². The van der Waals surface area contributed by atoms with Crippen molar-refractivity contribution in [2.24, 2.45) is 23.2 Å². The minimum atomic E-state index is -0.0381. The highest BCUT2D eigenvalue weighted by Gasteiger charge is 2.54. The predicted octanol–water partition coefficient (Wildman–Crippen LogP) is 3.70. The molecule has 1 aromatic heterocycles. The van der Waals surface area contributed by atoms with Crippen LogP contribution in [0.4, 0.5) is 0 Å². The van der Waals surface area contributed by atoms with E-state index >= 15 is 0 Å². The lowest BCUT2D eigenvalue weighted by Crippen LogP contribution is -2.53. The fraction of sp³-hybridized carbons (Fsp3) is 0.600. The van der Waals surface area contributed by atoms with Crippen molar-refractivity contribution in [3.05, 3.63) is 30.2 Å². The number of nitrogens with zero attached hydrogens (tertiary/aromatic N) is 1. The fourth-order valence-electron chi connectivity index (χ4n) is 5.95. The van der Waals surface area contributed by atoms with Gasteiger partial charge in [-0.05, 0) is 80.4 Å². The standard InChI is InChI=1S/C20H24N2O2/c23-19(20-9-14-5-15(10-20)7-16(6-14)11-20)21-4-3-13-1-2-17-18(8-13)24-12-22-17/h1-2,8,12,14-16H,3-7,9-11H2,(H,21,23). The summed E-state index contributed by atoms with van der Waals surface area (Å²) >= 11 is 0. The summed E-state index contributed by atoms with van der Waals surface area (Å²) in [6, 6.07) is 6.08. The lowest BCUT2D eigenvalue weighted by molar-refractivity contribution is -0.146. The molecule has 1 amide bonds. The number of aromatic nitrogens is 1. The molecule has 0 atom stereocenters. The molecule has 1 N–H and O–H groups in total. The first-order chi connectivity index (χ1) is 11.7. The predicted molar refractivity (Wildman–Crippen MR) is 91.3 cm³/mol. The van der Waals surface area contributed by atoms with Gasteiger partial charge in [0, 0.05) is 12.0 Å². The summed E-state index contributed by atoms with van der Waals surface area (Å²) in [5.74, 6) is 2.77. The van der Waals surface area contributed by atoms with E-state index in [1.807, 2.05) is 12.1 Å². The highest BCUT2D eigenvalue weighted by Crippen LogP contribution is 2.60. The van der Waals surface area contributed by atoms with Gasteiger partial charge in [0.25, 0.3) is 0 Å². The van der Waals surface area contributed by atoms with E-state index in [0.717, 1.165) is 54.5 Å². The Morgan fingerprint density at radius 3 is 2.58 bits per heavy atom. The smallest absolute Gasteiger partial charge is 0.226 e. The van der Waals surface area contributed by atoms with Gasteiger partial charge in [-0.1, -0.05) is 6.07 Å². The molecule has 4 fully saturated rings. The van der Waals surface area contributed by atoms with Gasteiger partial charge in [-0.25, -0.2) is 4.98 Å². The number of benzene rings is 1. The van der Waals surface area contributed by atoms with Crippen molar-refractivity contribution in [1.82, 2.24) is 10.3 Å². The quantitative estimate of drug-likeness (QED) is 0.933. The van der Waals surface area contributed by atoms with Crippen molar-refractivity contribution in [2.45, 2.75) is 44.9 Å². The molecule has 2 aromatic rings. The Kier molecular flexibility index (Phi) is 3.22. The number of oxazole rings is 1. The van der Waals surface area contributed by atoms with Crippen LogP contribution in [0.1, 0.15) is 44.1 Å². The van der Waals surface area contributed by atoms with Crippen molar-refractivity contribution in [3.8, 4) is 0 Å². The van der Waals surface area contributed by atoms with E-state index in [2.05, 4.69) is 16.4 Å². The average Bonchev–Trinajstić information content (AvgIpc) is 3.01. The van der Waals surface area contributed by atoms with E-state index in [1.54, 1.807) is 0 Å². The Labute approximate surface area is 142 Å². The van der Waals surface area contributed by atoms with Crippen LogP contribution in [0.2, 0.25) is 0 Å². The average molecular weight is 324 g/mol. The van der Waals surface area contributed by atoms with Crippen molar-refractivity contribution >= 4 is 17.0 Å². The zero-order valence-corrected chi connectivity index (χ0v) is 14.0. The number of hydrogen-bond donors (Lipinski definition) is 1. The normalized spacial score (nSPS) is 33.9. The van der Waals surface area contributed by atoms with Crippen molar-refractivity contribution in [3.63, 3.8) is 0 Å². The largest absolute Gasteiger partial charge is 0.443 e. The first-order valence-corrected chi connectivity index (χ1v) is 9.31. The third kappa shape index (κ3) is 2.35. The van der Waals surface area contributed by atoms with E-state index in [9.17, 15) is 4.79 Å². The minimum absolute atomic E-state index is 0.0381. The maximum absolute atomic E-state index is 12.9. The van der Waals surface area contributed by atoms with Crippen LogP contribution in [0.15, 0.2) is 29.0 Å². The highest BCUT2D eigenvalue weighted by atomic mass is 16.3.